The first-order chi connectivity index (χ1) is 31.8. The van der Waals surface area contributed by atoms with Gasteiger partial charge in [0, 0.05) is 50.2 Å². The molecule has 0 bridgehead atoms. The van der Waals surface area contributed by atoms with Gasteiger partial charge < -0.3 is 60.8 Å². The normalized spacial score (nSPS) is 16.1. The first-order valence-electron chi connectivity index (χ1n) is 21.8. The smallest absolute Gasteiger partial charge is 0.396 e. The number of aliphatic hydroxyl groups excluding tert-OH is 1. The maximum Gasteiger partial charge on any atom is 0.469 e. The molecular weight excluding hydrogens is 894 g/mol. The van der Waals surface area contributed by atoms with Crippen LogP contribution >= 0.6 is 7.82 Å². The molecule has 24 heteroatoms. The largest absolute Gasteiger partial charge is 0.469 e. The molecule has 0 saturated carbocycles. The van der Waals surface area contributed by atoms with Crippen LogP contribution in [0.3, 0.4) is 0 Å². The molecule has 1 aliphatic rings. The van der Waals surface area contributed by atoms with Crippen molar-refractivity contribution in [1.82, 2.24) is 40.3 Å². The number of oxime groups is 1. The Morgan fingerprint density at radius 1 is 1.00 bits per heavy atom. The van der Waals surface area contributed by atoms with Crippen LogP contribution in [0.2, 0.25) is 0 Å². The first-order valence-corrected chi connectivity index (χ1v) is 23.3. The van der Waals surface area contributed by atoms with Crippen molar-refractivity contribution < 1.29 is 57.6 Å². The first kappa shape index (κ1) is 53.2. The number of aliphatic hydroxyl groups is 1. The summed E-state index contributed by atoms with van der Waals surface area (Å²) in [5, 5.41) is 33.5. The third-order valence-electron chi connectivity index (χ3n) is 10.8. The van der Waals surface area contributed by atoms with Crippen molar-refractivity contribution in [2.45, 2.75) is 115 Å². The number of phosphoric ester groups is 1. The summed E-state index contributed by atoms with van der Waals surface area (Å²) in [5.74, 6) is -5.03. The van der Waals surface area contributed by atoms with E-state index in [4.69, 9.17) is 10.6 Å². The van der Waals surface area contributed by atoms with Crippen molar-refractivity contribution in [3.63, 3.8) is 0 Å². The van der Waals surface area contributed by atoms with Crippen LogP contribution < -0.4 is 27.0 Å². The molecule has 1 saturated heterocycles. The van der Waals surface area contributed by atoms with E-state index in [-0.39, 0.29) is 24.7 Å². The minimum atomic E-state index is -5.13. The highest BCUT2D eigenvalue weighted by Gasteiger charge is 2.37. The van der Waals surface area contributed by atoms with Gasteiger partial charge in [0.15, 0.2) is 0 Å². The number of imidazole rings is 1. The molecule has 364 valence electrons. The molecule has 1 aliphatic heterocycles. The monoisotopic (exact) mass is 953 g/mol. The molecule has 0 spiro atoms. The highest BCUT2D eigenvalue weighted by Crippen LogP contribution is 2.38. The number of benzene rings is 1. The molecule has 4 rings (SSSR count). The maximum absolute atomic E-state index is 14.1. The van der Waals surface area contributed by atoms with Crippen LogP contribution in [0.4, 0.5) is 0 Å². The highest BCUT2D eigenvalue weighted by molar-refractivity contribution is 7.46. The van der Waals surface area contributed by atoms with Gasteiger partial charge in [-0.15, -0.1) is 0 Å². The van der Waals surface area contributed by atoms with Crippen molar-refractivity contribution in [1.29, 1.82) is 5.26 Å². The van der Waals surface area contributed by atoms with Gasteiger partial charge in [-0.3, -0.25) is 33.3 Å². The number of amides is 6. The zero-order valence-corrected chi connectivity index (χ0v) is 38.7. The molecule has 23 nitrogen and oxygen atoms in total. The summed E-state index contributed by atoms with van der Waals surface area (Å²) in [5.41, 5.74) is 7.94. The van der Waals surface area contributed by atoms with E-state index in [2.05, 4.69) is 42.0 Å². The number of likely N-dealkylation sites (tertiary alicyclic amines) is 1. The Hall–Kier alpha value is -6.44. The quantitative estimate of drug-likeness (QED) is 0.0232. The Balaban J connectivity index is 1.45. The van der Waals surface area contributed by atoms with E-state index in [1.54, 1.807) is 35.3 Å². The van der Waals surface area contributed by atoms with Gasteiger partial charge in [0.2, 0.25) is 35.4 Å². The van der Waals surface area contributed by atoms with Crippen LogP contribution in [-0.4, -0.2) is 132 Å². The van der Waals surface area contributed by atoms with Gasteiger partial charge in [-0.1, -0.05) is 25.1 Å². The lowest BCUT2D eigenvalue weighted by Crippen LogP contribution is -2.61. The van der Waals surface area contributed by atoms with Crippen molar-refractivity contribution in [3.05, 3.63) is 72.1 Å². The Morgan fingerprint density at radius 3 is 2.39 bits per heavy atom. The van der Waals surface area contributed by atoms with Gasteiger partial charge in [-0.05, 0) is 81.7 Å². The zero-order valence-electron chi connectivity index (χ0n) is 37.8. The lowest BCUT2D eigenvalue weighted by atomic mass is 10.0. The Bertz CT molecular complexity index is 2300. The van der Waals surface area contributed by atoms with E-state index >= 15 is 0 Å². The standard InChI is InChI=1S/C43H60N11O12P/c1-27(2)19-34(49-43(61)37-14-10-16-53(37)29(4)56)40(58)48-35(41(59)50-36(25-55)42(60)51-38(39(45)57)28(3)66-67(62,63)64)21-33-23-46-26-52(33)15-6-5-7-18-65-47-24-32-13-9-17-54(32)31-12-8-11-30(20-31)22-44/h8-9,11-13,17,20,23-24,26-28,34-38,55H,5-7,10,14-16,18-19,21,25H2,1-4H3,(H2,45,57)(H,48,58)(H,49,61)(H,50,59)(H,51,60)(H2,62,63,64)/b47-24+/t28-,34+,35+,36+,37+,38+/m1/s1. The van der Waals surface area contributed by atoms with Crippen LogP contribution in [0, 0.1) is 17.2 Å². The molecule has 3 heterocycles. The summed E-state index contributed by atoms with van der Waals surface area (Å²) in [6.45, 7) is 6.23. The molecule has 1 aromatic carbocycles. The summed E-state index contributed by atoms with van der Waals surface area (Å²) in [7, 11) is -5.13. The molecule has 0 aliphatic carbocycles. The Labute approximate surface area is 387 Å². The predicted octanol–water partition coefficient (Wildman–Crippen LogP) is 0.281. The van der Waals surface area contributed by atoms with Gasteiger partial charge in [-0.2, -0.15) is 5.26 Å². The second kappa shape index (κ2) is 25.5. The van der Waals surface area contributed by atoms with Crippen LogP contribution in [0.1, 0.15) is 83.2 Å². The number of hydrogen-bond donors (Lipinski definition) is 8. The number of aromatic nitrogens is 3. The predicted molar refractivity (Wildman–Crippen MR) is 240 cm³/mol. The van der Waals surface area contributed by atoms with Crippen LogP contribution in [0.15, 0.2) is 60.3 Å². The number of nitrogens with one attached hydrogen (secondary N) is 4. The number of phosphoric acid groups is 1. The second-order valence-electron chi connectivity index (χ2n) is 16.4. The fourth-order valence-electron chi connectivity index (χ4n) is 7.44. The molecule has 1 fully saturated rings. The molecule has 9 N–H and O–H groups in total. The number of nitrogens with zero attached hydrogens (tertiary/aromatic N) is 6. The van der Waals surface area contributed by atoms with E-state index in [0.717, 1.165) is 18.3 Å². The Kier molecular flexibility index (Phi) is 20.2. The number of rotatable bonds is 26. The number of carbonyl (C=O) groups excluding carboxylic acids is 6. The number of nitriles is 1. The van der Waals surface area contributed by atoms with Crippen LogP contribution in [0.5, 0.6) is 0 Å². The summed E-state index contributed by atoms with van der Waals surface area (Å²) in [4.78, 5) is 109. The Morgan fingerprint density at radius 2 is 1.72 bits per heavy atom. The number of nitrogens with two attached hydrogens (primary N) is 1. The highest BCUT2D eigenvalue weighted by atomic mass is 31.2. The van der Waals surface area contributed by atoms with Gasteiger partial charge in [-0.25, -0.2) is 9.55 Å². The lowest BCUT2D eigenvalue weighted by molar-refractivity contribution is -0.139. The number of primary amides is 1. The van der Waals surface area contributed by atoms with Crippen LogP contribution in [0.25, 0.3) is 5.69 Å². The van der Waals surface area contributed by atoms with Crippen molar-refractivity contribution in [3.8, 4) is 11.8 Å². The molecule has 0 unspecified atom stereocenters. The third kappa shape index (κ3) is 16.4. The lowest BCUT2D eigenvalue weighted by Gasteiger charge is -2.28. The van der Waals surface area contributed by atoms with E-state index in [9.17, 15) is 53.5 Å². The minimum Gasteiger partial charge on any atom is -0.396 e. The molecule has 6 amide bonds. The van der Waals surface area contributed by atoms with E-state index in [1.165, 1.54) is 18.0 Å². The fourth-order valence-corrected chi connectivity index (χ4v) is 8.00. The number of unbranched alkanes of at least 4 members (excludes halogenated alkanes) is 2. The number of carbonyl (C=O) groups is 6. The van der Waals surface area contributed by atoms with Gasteiger partial charge in [0.25, 0.3) is 0 Å². The molecule has 3 aromatic rings. The second-order valence-corrected chi connectivity index (χ2v) is 17.6. The van der Waals surface area contributed by atoms with Crippen molar-refractivity contribution >= 4 is 49.5 Å². The van der Waals surface area contributed by atoms with Gasteiger partial charge in [0.1, 0.15) is 36.8 Å². The van der Waals surface area contributed by atoms with E-state index in [0.29, 0.717) is 63.1 Å². The molecule has 2 aromatic heterocycles. The van der Waals surface area contributed by atoms with Gasteiger partial charge in [0.05, 0.1) is 42.6 Å². The fraction of sp³-hybridized carbons (Fsp3) is 0.512. The summed E-state index contributed by atoms with van der Waals surface area (Å²) >= 11 is 0. The van der Waals surface area contributed by atoms with E-state index in [1.807, 2.05) is 42.8 Å². The molecule has 0 radical (unpaired) electrons. The molecule has 6 atom stereocenters. The van der Waals surface area contributed by atoms with Crippen LogP contribution in [-0.2, 0) is 55.7 Å². The van der Waals surface area contributed by atoms with Gasteiger partial charge >= 0.3 is 7.82 Å². The zero-order chi connectivity index (χ0) is 49.3. The van der Waals surface area contributed by atoms with Crippen molar-refractivity contribution in [2.75, 3.05) is 19.8 Å². The summed E-state index contributed by atoms with van der Waals surface area (Å²) < 4.78 is 19.6. The topological polar surface area (TPSA) is 335 Å². The average Bonchev–Trinajstić information content (AvgIpc) is 4.06. The number of aryl methyl sites for hydroxylation is 1. The molecular formula is C43H60N11O12P. The average molecular weight is 954 g/mol. The van der Waals surface area contributed by atoms with E-state index < -0.39 is 80.3 Å². The number of hydrogen-bond acceptors (Lipinski definition) is 13. The summed E-state index contributed by atoms with van der Waals surface area (Å²) in [6.07, 6.45) is 7.83. The maximum atomic E-state index is 14.1. The third-order valence-corrected chi connectivity index (χ3v) is 11.4. The summed E-state index contributed by atoms with van der Waals surface area (Å²) in [6, 6.07) is 6.07. The molecule has 67 heavy (non-hydrogen) atoms. The SMILES string of the molecule is CC(=O)N1CCC[C@H]1C(=O)N[C@@H](CC(C)C)C(=O)N[C@@H](Cc1cncn1CCCCCO/N=C/c1cccn1-c1cccc(C#N)c1)C(=O)N[C@@H](CO)C(=O)N[C@H](C(N)=O)[C@@H](C)OP(=O)(O)O. The minimum absolute atomic E-state index is 0.112. The van der Waals surface area contributed by atoms with Crippen molar-refractivity contribution in [2.24, 2.45) is 16.8 Å².